The Morgan fingerprint density at radius 1 is 0.857 bits per heavy atom. The molecule has 0 aliphatic heterocycles. The van der Waals surface area contributed by atoms with Crippen LogP contribution in [0.25, 0.3) is 28.3 Å². The van der Waals surface area contributed by atoms with Crippen molar-refractivity contribution in [1.82, 2.24) is 25.0 Å². The van der Waals surface area contributed by atoms with E-state index in [1.54, 1.807) is 37.1 Å². The van der Waals surface area contributed by atoms with Gasteiger partial charge in [0, 0.05) is 11.1 Å². The maximum absolute atomic E-state index is 13.3. The van der Waals surface area contributed by atoms with E-state index in [2.05, 4.69) is 25.6 Å². The largest absolute Gasteiger partial charge is 0.493 e. The Balaban J connectivity index is 1.45. The van der Waals surface area contributed by atoms with Crippen molar-refractivity contribution in [1.29, 1.82) is 0 Å². The number of amides is 1. The maximum Gasteiger partial charge on any atom is 0.276 e. The van der Waals surface area contributed by atoms with Crippen LogP contribution in [0, 0.1) is 0 Å². The Morgan fingerprint density at radius 3 is 2.29 bits per heavy atom. The normalized spacial score (nSPS) is 10.7. The van der Waals surface area contributed by atoms with Gasteiger partial charge in [-0.1, -0.05) is 48.5 Å². The molecule has 35 heavy (non-hydrogen) atoms. The molecular weight excluding hydrogens is 444 g/mol. The SMILES string of the molecule is COc1ccc(-c2nc(NC(=O)c3cc(-c4ccccc4)nn3-c3ccccc3)n[nH]2)cc1OC. The Kier molecular flexibility index (Phi) is 5.96. The summed E-state index contributed by atoms with van der Waals surface area (Å²) in [6, 6.07) is 26.3. The third kappa shape index (κ3) is 4.47. The van der Waals surface area contributed by atoms with Crippen molar-refractivity contribution in [3.63, 3.8) is 0 Å². The fraction of sp³-hybridized carbons (Fsp3) is 0.0769. The van der Waals surface area contributed by atoms with E-state index in [-0.39, 0.29) is 11.9 Å². The molecule has 9 nitrogen and oxygen atoms in total. The van der Waals surface area contributed by atoms with Gasteiger partial charge in [-0.3, -0.25) is 15.2 Å². The summed E-state index contributed by atoms with van der Waals surface area (Å²) in [4.78, 5) is 17.7. The van der Waals surface area contributed by atoms with E-state index < -0.39 is 0 Å². The molecule has 2 aromatic heterocycles. The summed E-state index contributed by atoms with van der Waals surface area (Å²) in [7, 11) is 3.14. The van der Waals surface area contributed by atoms with E-state index in [1.807, 2.05) is 66.7 Å². The molecule has 0 bridgehead atoms. The zero-order valence-corrected chi connectivity index (χ0v) is 19.1. The number of aromatic nitrogens is 5. The highest BCUT2D eigenvalue weighted by molar-refractivity contribution is 6.03. The highest BCUT2D eigenvalue weighted by Gasteiger charge is 2.19. The van der Waals surface area contributed by atoms with E-state index in [1.165, 1.54) is 0 Å². The lowest BCUT2D eigenvalue weighted by molar-refractivity contribution is 0.101. The van der Waals surface area contributed by atoms with Gasteiger partial charge in [0.15, 0.2) is 17.3 Å². The summed E-state index contributed by atoms with van der Waals surface area (Å²) < 4.78 is 12.2. The van der Waals surface area contributed by atoms with Crippen LogP contribution in [0.3, 0.4) is 0 Å². The van der Waals surface area contributed by atoms with Crippen LogP contribution < -0.4 is 14.8 Å². The van der Waals surface area contributed by atoms with Crippen molar-refractivity contribution >= 4 is 11.9 Å². The molecule has 2 heterocycles. The molecule has 174 valence electrons. The van der Waals surface area contributed by atoms with Gasteiger partial charge in [0.25, 0.3) is 5.91 Å². The third-order valence-corrected chi connectivity index (χ3v) is 5.38. The van der Waals surface area contributed by atoms with Crippen LogP contribution in [0.15, 0.2) is 84.9 Å². The Morgan fingerprint density at radius 2 is 1.57 bits per heavy atom. The first kappa shape index (κ1) is 21.9. The molecule has 0 radical (unpaired) electrons. The molecule has 0 aliphatic rings. The fourth-order valence-electron chi connectivity index (χ4n) is 3.65. The highest BCUT2D eigenvalue weighted by atomic mass is 16.5. The number of H-pyrrole nitrogens is 1. The first-order valence-electron chi connectivity index (χ1n) is 10.8. The molecule has 9 heteroatoms. The number of para-hydroxylation sites is 1. The minimum Gasteiger partial charge on any atom is -0.493 e. The number of rotatable bonds is 7. The summed E-state index contributed by atoms with van der Waals surface area (Å²) in [6.45, 7) is 0. The number of ether oxygens (including phenoxy) is 2. The zero-order valence-electron chi connectivity index (χ0n) is 19.1. The second kappa shape index (κ2) is 9.52. The predicted octanol–water partition coefficient (Wildman–Crippen LogP) is 4.59. The minimum absolute atomic E-state index is 0.141. The number of anilines is 1. The van der Waals surface area contributed by atoms with Crippen molar-refractivity contribution in [3.8, 4) is 39.8 Å². The lowest BCUT2D eigenvalue weighted by Gasteiger charge is -2.08. The smallest absolute Gasteiger partial charge is 0.276 e. The van der Waals surface area contributed by atoms with Gasteiger partial charge in [0.2, 0.25) is 5.95 Å². The van der Waals surface area contributed by atoms with E-state index in [4.69, 9.17) is 9.47 Å². The van der Waals surface area contributed by atoms with Crippen LogP contribution in [0.5, 0.6) is 11.5 Å². The van der Waals surface area contributed by atoms with Crippen molar-refractivity contribution in [2.75, 3.05) is 19.5 Å². The molecule has 0 saturated heterocycles. The molecule has 3 aromatic carbocycles. The van der Waals surface area contributed by atoms with Gasteiger partial charge in [-0.15, -0.1) is 5.10 Å². The second-order valence-corrected chi connectivity index (χ2v) is 7.56. The van der Waals surface area contributed by atoms with Crippen molar-refractivity contribution in [2.45, 2.75) is 0 Å². The summed E-state index contributed by atoms with van der Waals surface area (Å²) in [5.41, 5.74) is 3.44. The van der Waals surface area contributed by atoms with E-state index in [9.17, 15) is 4.79 Å². The lowest BCUT2D eigenvalue weighted by atomic mass is 10.1. The van der Waals surface area contributed by atoms with E-state index >= 15 is 0 Å². The van der Waals surface area contributed by atoms with Gasteiger partial charge in [-0.2, -0.15) is 10.1 Å². The number of methoxy groups -OCH3 is 2. The molecule has 2 N–H and O–H groups in total. The number of aromatic amines is 1. The Bertz CT molecular complexity index is 1460. The second-order valence-electron chi connectivity index (χ2n) is 7.56. The molecule has 5 aromatic rings. The summed E-state index contributed by atoms with van der Waals surface area (Å²) in [5, 5.41) is 14.5. The molecule has 0 unspecified atom stereocenters. The van der Waals surface area contributed by atoms with Gasteiger partial charge in [0.1, 0.15) is 5.69 Å². The maximum atomic E-state index is 13.3. The molecule has 0 atom stereocenters. The van der Waals surface area contributed by atoms with Gasteiger partial charge in [-0.25, -0.2) is 4.68 Å². The van der Waals surface area contributed by atoms with Crippen molar-refractivity contribution in [2.24, 2.45) is 0 Å². The molecule has 0 fully saturated rings. The Hall–Kier alpha value is -4.92. The molecule has 5 rings (SSSR count). The number of benzene rings is 3. The number of hydrogen-bond donors (Lipinski definition) is 2. The Labute approximate surface area is 201 Å². The average Bonchev–Trinajstić information content (AvgIpc) is 3.57. The monoisotopic (exact) mass is 466 g/mol. The first-order valence-corrected chi connectivity index (χ1v) is 10.8. The predicted molar refractivity (Wildman–Crippen MR) is 132 cm³/mol. The third-order valence-electron chi connectivity index (χ3n) is 5.38. The molecule has 0 saturated carbocycles. The van der Waals surface area contributed by atoms with Crippen LogP contribution in [0.2, 0.25) is 0 Å². The van der Waals surface area contributed by atoms with Crippen molar-refractivity contribution < 1.29 is 14.3 Å². The summed E-state index contributed by atoms with van der Waals surface area (Å²) in [5.74, 6) is 1.39. The molecule has 1 amide bonds. The fourth-order valence-corrected chi connectivity index (χ4v) is 3.65. The number of hydrogen-bond acceptors (Lipinski definition) is 6. The van der Waals surface area contributed by atoms with Crippen LogP contribution in [0.4, 0.5) is 5.95 Å². The number of carbonyl (C=O) groups is 1. The van der Waals surface area contributed by atoms with Crippen LogP contribution in [-0.2, 0) is 0 Å². The molecule has 0 spiro atoms. The molecule has 0 aliphatic carbocycles. The van der Waals surface area contributed by atoms with Gasteiger partial charge < -0.3 is 9.47 Å². The van der Waals surface area contributed by atoms with E-state index in [0.717, 1.165) is 16.8 Å². The summed E-state index contributed by atoms with van der Waals surface area (Å²) >= 11 is 0. The van der Waals surface area contributed by atoms with Gasteiger partial charge in [-0.05, 0) is 36.4 Å². The van der Waals surface area contributed by atoms with Crippen LogP contribution in [-0.4, -0.2) is 45.1 Å². The topological polar surface area (TPSA) is 107 Å². The summed E-state index contributed by atoms with van der Waals surface area (Å²) in [6.07, 6.45) is 0. The number of carbonyl (C=O) groups excluding carboxylic acids is 1. The standard InChI is InChI=1S/C26H22N6O3/c1-34-22-14-13-18(15-23(22)35-2)24-27-26(30-29-24)28-25(33)21-16-20(17-9-5-3-6-10-17)31-32(21)19-11-7-4-8-12-19/h3-16H,1-2H3,(H2,27,28,29,30,33). The van der Waals surface area contributed by atoms with Crippen LogP contribution in [0.1, 0.15) is 10.5 Å². The zero-order chi connectivity index (χ0) is 24.2. The van der Waals surface area contributed by atoms with Gasteiger partial charge >= 0.3 is 0 Å². The van der Waals surface area contributed by atoms with Crippen LogP contribution >= 0.6 is 0 Å². The number of nitrogens with one attached hydrogen (secondary N) is 2. The number of nitrogens with zero attached hydrogens (tertiary/aromatic N) is 4. The highest BCUT2D eigenvalue weighted by Crippen LogP contribution is 2.31. The van der Waals surface area contributed by atoms with Gasteiger partial charge in [0.05, 0.1) is 25.6 Å². The quantitative estimate of drug-likeness (QED) is 0.363. The van der Waals surface area contributed by atoms with E-state index in [0.29, 0.717) is 28.7 Å². The minimum atomic E-state index is -0.388. The van der Waals surface area contributed by atoms with Crippen molar-refractivity contribution in [3.05, 3.63) is 90.6 Å². The average molecular weight is 467 g/mol. The lowest BCUT2D eigenvalue weighted by Crippen LogP contribution is -2.17. The first-order chi connectivity index (χ1) is 17.2. The molecular formula is C26H22N6O3.